The van der Waals surface area contributed by atoms with E-state index >= 15 is 0 Å². The van der Waals surface area contributed by atoms with Crippen LogP contribution in [0.1, 0.15) is 40.5 Å². The van der Waals surface area contributed by atoms with Crippen LogP contribution in [0.4, 0.5) is 0 Å². The summed E-state index contributed by atoms with van der Waals surface area (Å²) in [6, 6.07) is -0.0750. The fraction of sp³-hybridized carbons (Fsp3) is 0.938. The number of aliphatic hydroxyl groups excluding tert-OH is 1. The van der Waals surface area contributed by atoms with E-state index in [0.29, 0.717) is 25.9 Å². The molecule has 2 saturated heterocycles. The Balaban J connectivity index is 2.05. The molecular weight excluding hydrogens is 268 g/mol. The standard InChI is InChI=1S/C16H30N2O3/c1-11(2)15(18-9-12(3)21-13(4)10-18)16(20)17-7-5-14(19)6-8-17/h11-15,19H,5-10H2,1-4H3. The van der Waals surface area contributed by atoms with Gasteiger partial charge in [0.15, 0.2) is 0 Å². The number of nitrogens with zero attached hydrogens (tertiary/aromatic N) is 2. The van der Waals surface area contributed by atoms with Gasteiger partial charge >= 0.3 is 0 Å². The second-order valence-electron chi connectivity index (χ2n) is 6.96. The van der Waals surface area contributed by atoms with Crippen LogP contribution in [-0.4, -0.2) is 71.3 Å². The lowest BCUT2D eigenvalue weighted by molar-refractivity contribution is -0.147. The van der Waals surface area contributed by atoms with Crippen molar-refractivity contribution < 1.29 is 14.6 Å². The molecule has 0 radical (unpaired) electrons. The highest BCUT2D eigenvalue weighted by Gasteiger charge is 2.37. The Morgan fingerprint density at radius 1 is 1.14 bits per heavy atom. The second-order valence-corrected chi connectivity index (χ2v) is 6.96. The smallest absolute Gasteiger partial charge is 0.240 e. The van der Waals surface area contributed by atoms with Gasteiger partial charge in [-0.05, 0) is 32.6 Å². The van der Waals surface area contributed by atoms with Crippen molar-refractivity contribution in [3.8, 4) is 0 Å². The maximum atomic E-state index is 12.9. The van der Waals surface area contributed by atoms with E-state index in [1.807, 2.05) is 4.90 Å². The molecule has 1 N–H and O–H groups in total. The SMILES string of the molecule is CC1CN(C(C(=O)N2CCC(O)CC2)C(C)C)CC(C)O1. The molecule has 2 fully saturated rings. The largest absolute Gasteiger partial charge is 0.393 e. The van der Waals surface area contributed by atoms with Crippen molar-refractivity contribution in [2.24, 2.45) is 5.92 Å². The van der Waals surface area contributed by atoms with Gasteiger partial charge < -0.3 is 14.7 Å². The lowest BCUT2D eigenvalue weighted by Crippen LogP contribution is -2.58. The highest BCUT2D eigenvalue weighted by Crippen LogP contribution is 2.22. The number of ether oxygens (including phenoxy) is 1. The fourth-order valence-electron chi connectivity index (χ4n) is 3.58. The summed E-state index contributed by atoms with van der Waals surface area (Å²) < 4.78 is 5.79. The summed E-state index contributed by atoms with van der Waals surface area (Å²) in [7, 11) is 0. The molecule has 21 heavy (non-hydrogen) atoms. The molecule has 2 rings (SSSR count). The number of piperidine rings is 1. The quantitative estimate of drug-likeness (QED) is 0.848. The number of amides is 1. The monoisotopic (exact) mass is 298 g/mol. The molecular formula is C16H30N2O3. The summed E-state index contributed by atoms with van der Waals surface area (Å²) >= 11 is 0. The van der Waals surface area contributed by atoms with E-state index in [9.17, 15) is 9.90 Å². The average Bonchev–Trinajstić information content (AvgIpc) is 2.37. The van der Waals surface area contributed by atoms with Crippen molar-refractivity contribution >= 4 is 5.91 Å². The van der Waals surface area contributed by atoms with Gasteiger partial charge in [-0.2, -0.15) is 0 Å². The zero-order chi connectivity index (χ0) is 15.6. The van der Waals surface area contributed by atoms with Crippen LogP contribution >= 0.6 is 0 Å². The summed E-state index contributed by atoms with van der Waals surface area (Å²) in [5, 5.41) is 9.61. The molecule has 2 aliphatic rings. The molecule has 3 unspecified atom stereocenters. The summed E-state index contributed by atoms with van der Waals surface area (Å²) in [6.07, 6.45) is 1.51. The molecule has 0 saturated carbocycles. The number of carbonyl (C=O) groups excluding carboxylic acids is 1. The normalized spacial score (nSPS) is 30.7. The summed E-state index contributed by atoms with van der Waals surface area (Å²) in [5.41, 5.74) is 0. The van der Waals surface area contributed by atoms with E-state index in [0.717, 1.165) is 13.1 Å². The fourth-order valence-corrected chi connectivity index (χ4v) is 3.58. The number of rotatable bonds is 3. The van der Waals surface area contributed by atoms with Crippen LogP contribution in [-0.2, 0) is 9.53 Å². The number of aliphatic hydroxyl groups is 1. The zero-order valence-electron chi connectivity index (χ0n) is 13.8. The predicted molar refractivity (Wildman–Crippen MR) is 82.0 cm³/mol. The van der Waals surface area contributed by atoms with E-state index in [-0.39, 0.29) is 36.2 Å². The van der Waals surface area contributed by atoms with Crippen LogP contribution in [0.3, 0.4) is 0 Å². The van der Waals surface area contributed by atoms with Crippen molar-refractivity contribution in [1.29, 1.82) is 0 Å². The molecule has 0 spiro atoms. The Labute approximate surface area is 128 Å². The van der Waals surface area contributed by atoms with Gasteiger partial charge in [0, 0.05) is 26.2 Å². The first-order valence-corrected chi connectivity index (χ1v) is 8.24. The third-order valence-electron chi connectivity index (χ3n) is 4.50. The Hall–Kier alpha value is -0.650. The van der Waals surface area contributed by atoms with E-state index < -0.39 is 0 Å². The molecule has 0 aromatic carbocycles. The van der Waals surface area contributed by atoms with Crippen molar-refractivity contribution in [3.05, 3.63) is 0 Å². The lowest BCUT2D eigenvalue weighted by atomic mass is 9.97. The lowest BCUT2D eigenvalue weighted by Gasteiger charge is -2.43. The van der Waals surface area contributed by atoms with Gasteiger partial charge in [-0.25, -0.2) is 0 Å². The van der Waals surface area contributed by atoms with Gasteiger partial charge in [-0.1, -0.05) is 13.8 Å². The number of hydrogen-bond donors (Lipinski definition) is 1. The Morgan fingerprint density at radius 3 is 2.14 bits per heavy atom. The first-order valence-electron chi connectivity index (χ1n) is 8.24. The Morgan fingerprint density at radius 2 is 1.67 bits per heavy atom. The Bertz CT molecular complexity index is 343. The van der Waals surface area contributed by atoms with Crippen molar-refractivity contribution in [2.45, 2.75) is 64.9 Å². The Kier molecular flexibility index (Phi) is 5.63. The summed E-state index contributed by atoms with van der Waals surface area (Å²) in [4.78, 5) is 17.1. The molecule has 1 amide bonds. The molecule has 5 heteroatoms. The highest BCUT2D eigenvalue weighted by atomic mass is 16.5. The van der Waals surface area contributed by atoms with Crippen LogP contribution in [0, 0.1) is 5.92 Å². The maximum absolute atomic E-state index is 12.9. The van der Waals surface area contributed by atoms with E-state index in [1.54, 1.807) is 0 Å². The number of hydrogen-bond acceptors (Lipinski definition) is 4. The van der Waals surface area contributed by atoms with Crippen LogP contribution < -0.4 is 0 Å². The first-order chi connectivity index (χ1) is 9.88. The molecule has 122 valence electrons. The molecule has 3 atom stereocenters. The van der Waals surface area contributed by atoms with Crippen molar-refractivity contribution in [2.75, 3.05) is 26.2 Å². The highest BCUT2D eigenvalue weighted by molar-refractivity contribution is 5.82. The van der Waals surface area contributed by atoms with E-state index in [1.165, 1.54) is 0 Å². The number of carbonyl (C=O) groups is 1. The molecule has 0 aliphatic carbocycles. The average molecular weight is 298 g/mol. The topological polar surface area (TPSA) is 53.0 Å². The predicted octanol–water partition coefficient (Wildman–Crippen LogP) is 1.10. The zero-order valence-corrected chi connectivity index (χ0v) is 13.8. The maximum Gasteiger partial charge on any atom is 0.240 e. The van der Waals surface area contributed by atoms with Crippen molar-refractivity contribution in [3.63, 3.8) is 0 Å². The van der Waals surface area contributed by atoms with Crippen LogP contribution in [0.5, 0.6) is 0 Å². The van der Waals surface area contributed by atoms with E-state index in [2.05, 4.69) is 32.6 Å². The minimum absolute atomic E-state index is 0.0750. The minimum Gasteiger partial charge on any atom is -0.393 e. The van der Waals surface area contributed by atoms with Gasteiger partial charge in [0.25, 0.3) is 0 Å². The third kappa shape index (κ3) is 4.18. The van der Waals surface area contributed by atoms with Crippen LogP contribution in [0.2, 0.25) is 0 Å². The van der Waals surface area contributed by atoms with Gasteiger partial charge in [0.2, 0.25) is 5.91 Å². The molecule has 0 aromatic heterocycles. The third-order valence-corrected chi connectivity index (χ3v) is 4.50. The molecule has 2 aliphatic heterocycles. The first kappa shape index (κ1) is 16.7. The van der Waals surface area contributed by atoms with Gasteiger partial charge in [-0.3, -0.25) is 9.69 Å². The molecule has 0 aromatic rings. The van der Waals surface area contributed by atoms with Crippen molar-refractivity contribution in [1.82, 2.24) is 9.80 Å². The van der Waals surface area contributed by atoms with Crippen LogP contribution in [0.15, 0.2) is 0 Å². The summed E-state index contributed by atoms with van der Waals surface area (Å²) in [5.74, 6) is 0.500. The number of likely N-dealkylation sites (tertiary alicyclic amines) is 1. The summed E-state index contributed by atoms with van der Waals surface area (Å²) in [6.45, 7) is 11.4. The van der Waals surface area contributed by atoms with Gasteiger partial charge in [0.1, 0.15) is 0 Å². The van der Waals surface area contributed by atoms with E-state index in [4.69, 9.17) is 4.74 Å². The second kappa shape index (κ2) is 7.07. The van der Waals surface area contributed by atoms with Crippen LogP contribution in [0.25, 0.3) is 0 Å². The molecule has 2 heterocycles. The molecule has 5 nitrogen and oxygen atoms in total. The number of morpholine rings is 1. The van der Waals surface area contributed by atoms with Gasteiger partial charge in [0.05, 0.1) is 24.4 Å². The minimum atomic E-state index is -0.241. The molecule has 0 bridgehead atoms. The van der Waals surface area contributed by atoms with Gasteiger partial charge in [-0.15, -0.1) is 0 Å².